The van der Waals surface area contributed by atoms with Crippen molar-refractivity contribution in [2.24, 2.45) is 5.73 Å². The monoisotopic (exact) mass is 414 g/mol. The van der Waals surface area contributed by atoms with Gasteiger partial charge in [-0.15, -0.1) is 10.2 Å². The first-order valence-electron chi connectivity index (χ1n) is 8.72. The molecule has 0 atom stereocenters. The van der Waals surface area contributed by atoms with E-state index in [1.165, 1.54) is 11.8 Å². The third-order valence-electron chi connectivity index (χ3n) is 4.19. The van der Waals surface area contributed by atoms with Crippen LogP contribution >= 0.6 is 11.8 Å². The Morgan fingerprint density at radius 1 is 1.03 bits per heavy atom. The van der Waals surface area contributed by atoms with Crippen molar-refractivity contribution in [3.05, 3.63) is 42.0 Å². The summed E-state index contributed by atoms with van der Waals surface area (Å²) in [6.07, 6.45) is 0. The lowest BCUT2D eigenvalue weighted by molar-refractivity contribution is -0.115. The van der Waals surface area contributed by atoms with Gasteiger partial charge in [-0.3, -0.25) is 9.36 Å². The SMILES string of the molecule is COc1cc(-c2nnc(SCC(N)=O)n2-c2ccc(C)cc2)cc(OC)c1OC. The number of hydrogen-bond donors (Lipinski definition) is 1. The maximum Gasteiger partial charge on any atom is 0.227 e. The molecule has 0 aliphatic heterocycles. The van der Waals surface area contributed by atoms with Crippen molar-refractivity contribution in [2.45, 2.75) is 12.1 Å². The van der Waals surface area contributed by atoms with Crippen molar-refractivity contribution < 1.29 is 19.0 Å². The summed E-state index contributed by atoms with van der Waals surface area (Å²) < 4.78 is 18.2. The molecule has 29 heavy (non-hydrogen) atoms. The second-order valence-corrected chi connectivity index (χ2v) is 7.09. The van der Waals surface area contributed by atoms with Crippen LogP contribution < -0.4 is 19.9 Å². The standard InChI is InChI=1S/C20H22N4O4S/c1-12-5-7-14(8-6-12)24-19(22-23-20(24)29-11-17(21)25)13-9-15(26-2)18(28-4)16(10-13)27-3/h5-10H,11H2,1-4H3,(H2,21,25). The number of methoxy groups -OCH3 is 3. The lowest BCUT2D eigenvalue weighted by Gasteiger charge is -2.15. The quantitative estimate of drug-likeness (QED) is 0.566. The first kappa shape index (κ1) is 20.5. The lowest BCUT2D eigenvalue weighted by Crippen LogP contribution is -2.13. The Labute approximate surface area is 173 Å². The summed E-state index contributed by atoms with van der Waals surface area (Å²) >= 11 is 1.22. The Hall–Kier alpha value is -3.20. The van der Waals surface area contributed by atoms with E-state index in [1.807, 2.05) is 35.8 Å². The smallest absolute Gasteiger partial charge is 0.227 e. The molecule has 3 aromatic rings. The van der Waals surface area contributed by atoms with E-state index < -0.39 is 5.91 Å². The summed E-state index contributed by atoms with van der Waals surface area (Å²) in [5.41, 5.74) is 8.02. The molecule has 2 N–H and O–H groups in total. The van der Waals surface area contributed by atoms with Gasteiger partial charge in [-0.25, -0.2) is 0 Å². The second-order valence-electron chi connectivity index (χ2n) is 6.15. The summed E-state index contributed by atoms with van der Waals surface area (Å²) in [4.78, 5) is 11.3. The third-order valence-corrected chi connectivity index (χ3v) is 5.14. The fourth-order valence-electron chi connectivity index (χ4n) is 2.82. The van der Waals surface area contributed by atoms with E-state index >= 15 is 0 Å². The van der Waals surface area contributed by atoms with E-state index in [-0.39, 0.29) is 5.75 Å². The van der Waals surface area contributed by atoms with Gasteiger partial charge < -0.3 is 19.9 Å². The van der Waals surface area contributed by atoms with Crippen LogP contribution in [0.1, 0.15) is 5.56 Å². The minimum absolute atomic E-state index is 0.0965. The molecule has 8 nitrogen and oxygen atoms in total. The molecule has 0 spiro atoms. The maximum absolute atomic E-state index is 11.3. The predicted octanol–water partition coefficient (Wildman–Crippen LogP) is 2.85. The number of thioether (sulfide) groups is 1. The van der Waals surface area contributed by atoms with Gasteiger partial charge in [0, 0.05) is 11.3 Å². The number of hydrogen-bond acceptors (Lipinski definition) is 7. The number of rotatable bonds is 8. The molecule has 0 bridgehead atoms. The zero-order chi connectivity index (χ0) is 21.0. The molecular formula is C20H22N4O4S. The maximum atomic E-state index is 11.3. The molecule has 1 amide bonds. The van der Waals surface area contributed by atoms with Crippen molar-refractivity contribution in [1.82, 2.24) is 14.8 Å². The molecule has 0 saturated carbocycles. The Kier molecular flexibility index (Phi) is 6.28. The van der Waals surface area contributed by atoms with Gasteiger partial charge in [-0.1, -0.05) is 29.5 Å². The summed E-state index contributed by atoms with van der Waals surface area (Å²) in [6, 6.07) is 11.5. The number of nitrogens with zero attached hydrogens (tertiary/aromatic N) is 3. The first-order valence-corrected chi connectivity index (χ1v) is 9.71. The number of primary amides is 1. The van der Waals surface area contributed by atoms with Crippen molar-refractivity contribution in [3.63, 3.8) is 0 Å². The molecule has 152 valence electrons. The predicted molar refractivity (Wildman–Crippen MR) is 111 cm³/mol. The van der Waals surface area contributed by atoms with E-state index in [0.29, 0.717) is 28.2 Å². The molecule has 0 fully saturated rings. The topological polar surface area (TPSA) is 101 Å². The second kappa shape index (κ2) is 8.87. The van der Waals surface area contributed by atoms with Gasteiger partial charge in [-0.2, -0.15) is 0 Å². The number of ether oxygens (including phenoxy) is 3. The van der Waals surface area contributed by atoms with Gasteiger partial charge in [0.15, 0.2) is 22.5 Å². The molecule has 0 saturated heterocycles. The molecule has 0 unspecified atom stereocenters. The minimum Gasteiger partial charge on any atom is -0.493 e. The molecule has 3 rings (SSSR count). The number of carbonyl (C=O) groups is 1. The van der Waals surface area contributed by atoms with E-state index in [9.17, 15) is 4.79 Å². The Balaban J connectivity index is 2.19. The molecule has 2 aromatic carbocycles. The van der Waals surface area contributed by atoms with E-state index in [4.69, 9.17) is 19.9 Å². The number of aryl methyl sites for hydroxylation is 1. The van der Waals surface area contributed by atoms with Gasteiger partial charge in [0.05, 0.1) is 27.1 Å². The number of benzene rings is 2. The van der Waals surface area contributed by atoms with Crippen molar-refractivity contribution in [3.8, 4) is 34.3 Å². The highest BCUT2D eigenvalue weighted by molar-refractivity contribution is 7.99. The highest BCUT2D eigenvalue weighted by Gasteiger charge is 2.21. The number of nitrogens with two attached hydrogens (primary N) is 1. The normalized spacial score (nSPS) is 10.6. The third kappa shape index (κ3) is 4.29. The number of amides is 1. The minimum atomic E-state index is -0.428. The zero-order valence-electron chi connectivity index (χ0n) is 16.6. The Bertz CT molecular complexity index is 993. The largest absolute Gasteiger partial charge is 0.493 e. The van der Waals surface area contributed by atoms with Crippen LogP contribution in [-0.4, -0.2) is 47.8 Å². The molecule has 0 aliphatic rings. The average Bonchev–Trinajstić information content (AvgIpc) is 3.15. The number of carbonyl (C=O) groups excluding carboxylic acids is 1. The highest BCUT2D eigenvalue weighted by Crippen LogP contribution is 2.41. The average molecular weight is 414 g/mol. The fraction of sp³-hybridized carbons (Fsp3) is 0.250. The van der Waals surface area contributed by atoms with Crippen LogP contribution in [0.25, 0.3) is 17.1 Å². The molecule has 0 aliphatic carbocycles. The van der Waals surface area contributed by atoms with Crippen LogP contribution in [0, 0.1) is 6.92 Å². The fourth-order valence-corrected chi connectivity index (χ4v) is 3.51. The van der Waals surface area contributed by atoms with Crippen LogP contribution in [0.4, 0.5) is 0 Å². The van der Waals surface area contributed by atoms with Crippen LogP contribution in [-0.2, 0) is 4.79 Å². The van der Waals surface area contributed by atoms with Gasteiger partial charge >= 0.3 is 0 Å². The van der Waals surface area contributed by atoms with E-state index in [0.717, 1.165) is 16.8 Å². The van der Waals surface area contributed by atoms with Gasteiger partial charge in [0.1, 0.15) is 0 Å². The summed E-state index contributed by atoms with van der Waals surface area (Å²) in [5.74, 6) is 1.74. The van der Waals surface area contributed by atoms with Gasteiger partial charge in [-0.05, 0) is 31.2 Å². The molecular weight excluding hydrogens is 392 g/mol. The first-order chi connectivity index (χ1) is 14.0. The zero-order valence-corrected chi connectivity index (χ0v) is 17.4. The van der Waals surface area contributed by atoms with Crippen LogP contribution in [0.2, 0.25) is 0 Å². The molecule has 0 radical (unpaired) electrons. The van der Waals surface area contributed by atoms with E-state index in [2.05, 4.69) is 10.2 Å². The summed E-state index contributed by atoms with van der Waals surface area (Å²) in [5, 5.41) is 9.18. The highest BCUT2D eigenvalue weighted by atomic mass is 32.2. The molecule has 9 heteroatoms. The van der Waals surface area contributed by atoms with E-state index in [1.54, 1.807) is 33.5 Å². The van der Waals surface area contributed by atoms with Crippen molar-refractivity contribution in [1.29, 1.82) is 0 Å². The molecule has 1 heterocycles. The van der Waals surface area contributed by atoms with Crippen LogP contribution in [0.15, 0.2) is 41.6 Å². The Morgan fingerprint density at radius 2 is 1.66 bits per heavy atom. The Morgan fingerprint density at radius 3 is 2.17 bits per heavy atom. The summed E-state index contributed by atoms with van der Waals surface area (Å²) in [6.45, 7) is 2.01. The van der Waals surface area contributed by atoms with Crippen molar-refractivity contribution >= 4 is 17.7 Å². The van der Waals surface area contributed by atoms with Gasteiger partial charge in [0.2, 0.25) is 11.7 Å². The van der Waals surface area contributed by atoms with Gasteiger partial charge in [0.25, 0.3) is 0 Å². The summed E-state index contributed by atoms with van der Waals surface area (Å²) in [7, 11) is 4.66. The lowest BCUT2D eigenvalue weighted by atomic mass is 10.1. The molecule has 1 aromatic heterocycles. The van der Waals surface area contributed by atoms with Crippen LogP contribution in [0.3, 0.4) is 0 Å². The van der Waals surface area contributed by atoms with Crippen LogP contribution in [0.5, 0.6) is 17.2 Å². The number of aromatic nitrogens is 3. The van der Waals surface area contributed by atoms with Crippen molar-refractivity contribution in [2.75, 3.05) is 27.1 Å².